The van der Waals surface area contributed by atoms with Gasteiger partial charge in [0.2, 0.25) is 0 Å². The Morgan fingerprint density at radius 2 is 1.85 bits per heavy atom. The van der Waals surface area contributed by atoms with Gasteiger partial charge in [0.15, 0.2) is 0 Å². The number of benzene rings is 1. The second-order valence-electron chi connectivity index (χ2n) is 6.03. The first-order valence-electron chi connectivity index (χ1n) is 7.79. The monoisotopic (exact) mass is 385 g/mol. The van der Waals surface area contributed by atoms with E-state index >= 15 is 0 Å². The molecule has 1 amide bonds. The van der Waals surface area contributed by atoms with Crippen LogP contribution in [0.25, 0.3) is 0 Å². The zero-order chi connectivity index (χ0) is 19.5. The van der Waals surface area contributed by atoms with Crippen molar-refractivity contribution in [3.8, 4) is 0 Å². The molecule has 2 aromatic rings. The zero-order valence-corrected chi connectivity index (χ0v) is 15.2. The lowest BCUT2D eigenvalue weighted by molar-refractivity contribution is -0.0328. The fourth-order valence-electron chi connectivity index (χ4n) is 2.42. The molecular formula is C17H18F3N3O2S. The van der Waals surface area contributed by atoms with Crippen molar-refractivity contribution in [2.45, 2.75) is 37.2 Å². The van der Waals surface area contributed by atoms with E-state index in [0.717, 1.165) is 6.07 Å². The van der Waals surface area contributed by atoms with Gasteiger partial charge in [0, 0.05) is 11.0 Å². The van der Waals surface area contributed by atoms with Gasteiger partial charge in [-0.15, -0.1) is 0 Å². The number of amides is 1. The van der Waals surface area contributed by atoms with Crippen LogP contribution in [0.3, 0.4) is 0 Å². The molecule has 1 atom stereocenters. The minimum atomic E-state index is -4.35. The van der Waals surface area contributed by atoms with Crippen LogP contribution in [0.2, 0.25) is 0 Å². The molecule has 1 aromatic carbocycles. The molecule has 0 saturated carbocycles. The molecule has 1 heterocycles. The van der Waals surface area contributed by atoms with Gasteiger partial charge in [0.1, 0.15) is 11.5 Å². The maximum Gasteiger partial charge on any atom is 0.446 e. The molecular weight excluding hydrogens is 367 g/mol. The summed E-state index contributed by atoms with van der Waals surface area (Å²) in [4.78, 5) is 30.4. The molecule has 9 heteroatoms. The number of alkyl halides is 3. The van der Waals surface area contributed by atoms with Crippen LogP contribution in [0, 0.1) is 12.8 Å². The highest BCUT2D eigenvalue weighted by atomic mass is 32.2. The standard InChI is InChI=1S/C17H18F3N3O2S/c1-9(2)15(11-4-6-12(7-5-11)26-17(18,19)20)23-16(25)13-8-14(24)22-10(3)21-13/h4-9,15H,1-3H3,(H,23,25)(H,21,22,24)/t15-/m0/s1. The van der Waals surface area contributed by atoms with Crippen LogP contribution in [-0.4, -0.2) is 21.4 Å². The predicted octanol–water partition coefficient (Wildman–Crippen LogP) is 3.82. The molecule has 2 N–H and O–H groups in total. The number of thioether (sulfide) groups is 1. The molecule has 5 nitrogen and oxygen atoms in total. The molecule has 140 valence electrons. The van der Waals surface area contributed by atoms with Gasteiger partial charge >= 0.3 is 5.51 Å². The summed E-state index contributed by atoms with van der Waals surface area (Å²) in [7, 11) is 0. The number of carbonyl (C=O) groups is 1. The van der Waals surface area contributed by atoms with Gasteiger partial charge in [-0.05, 0) is 42.3 Å². The maximum atomic E-state index is 12.4. The van der Waals surface area contributed by atoms with Crippen molar-refractivity contribution in [3.63, 3.8) is 0 Å². The topological polar surface area (TPSA) is 74.8 Å². The second kappa shape index (κ2) is 7.94. The molecule has 1 aromatic heterocycles. The number of carbonyl (C=O) groups excluding carboxylic acids is 1. The van der Waals surface area contributed by atoms with Crippen molar-refractivity contribution in [3.05, 3.63) is 57.8 Å². The number of hydrogen-bond acceptors (Lipinski definition) is 4. The van der Waals surface area contributed by atoms with E-state index < -0.39 is 23.0 Å². The summed E-state index contributed by atoms with van der Waals surface area (Å²) >= 11 is -0.192. The Labute approximate surface area is 152 Å². The number of halogens is 3. The van der Waals surface area contributed by atoms with Crippen molar-refractivity contribution < 1.29 is 18.0 Å². The van der Waals surface area contributed by atoms with E-state index in [-0.39, 0.29) is 28.3 Å². The Kier molecular flexibility index (Phi) is 6.12. The van der Waals surface area contributed by atoms with Gasteiger partial charge in [-0.25, -0.2) is 4.98 Å². The van der Waals surface area contributed by atoms with Gasteiger partial charge in [-0.1, -0.05) is 26.0 Å². The van der Waals surface area contributed by atoms with Crippen molar-refractivity contribution in [1.29, 1.82) is 0 Å². The average Bonchev–Trinajstić information content (AvgIpc) is 2.50. The molecule has 2 rings (SSSR count). The first-order valence-corrected chi connectivity index (χ1v) is 8.61. The van der Waals surface area contributed by atoms with E-state index in [1.54, 1.807) is 19.1 Å². The highest BCUT2D eigenvalue weighted by Gasteiger charge is 2.29. The SMILES string of the molecule is Cc1nc(C(=O)N[C@H](c2ccc(SC(F)(F)F)cc2)C(C)C)cc(=O)[nH]1. The molecule has 0 aliphatic carbocycles. The van der Waals surface area contributed by atoms with Crippen LogP contribution < -0.4 is 10.9 Å². The Hall–Kier alpha value is -2.29. The first kappa shape index (κ1) is 20.0. The Balaban J connectivity index is 2.20. The lowest BCUT2D eigenvalue weighted by Gasteiger charge is -2.23. The summed E-state index contributed by atoms with van der Waals surface area (Å²) in [5, 5.41) is 2.79. The summed E-state index contributed by atoms with van der Waals surface area (Å²) in [6.45, 7) is 5.31. The number of aryl methyl sites for hydroxylation is 1. The first-order chi connectivity index (χ1) is 12.0. The summed E-state index contributed by atoms with van der Waals surface area (Å²) < 4.78 is 37.3. The highest BCUT2D eigenvalue weighted by molar-refractivity contribution is 8.00. The molecule has 0 unspecified atom stereocenters. The summed E-state index contributed by atoms with van der Waals surface area (Å²) in [5.74, 6) is -0.230. The molecule has 26 heavy (non-hydrogen) atoms. The highest BCUT2D eigenvalue weighted by Crippen LogP contribution is 2.37. The van der Waals surface area contributed by atoms with Crippen LogP contribution in [0.4, 0.5) is 13.2 Å². The molecule has 0 radical (unpaired) electrons. The Morgan fingerprint density at radius 3 is 2.35 bits per heavy atom. The number of H-pyrrole nitrogens is 1. The van der Waals surface area contributed by atoms with E-state index in [2.05, 4.69) is 15.3 Å². The number of aromatic nitrogens is 2. The quantitative estimate of drug-likeness (QED) is 0.768. The van der Waals surface area contributed by atoms with Crippen molar-refractivity contribution in [2.24, 2.45) is 5.92 Å². The van der Waals surface area contributed by atoms with Gasteiger partial charge in [0.05, 0.1) is 6.04 Å². The number of nitrogens with zero attached hydrogens (tertiary/aromatic N) is 1. The van der Waals surface area contributed by atoms with Gasteiger partial charge in [-0.2, -0.15) is 13.2 Å². The normalized spacial score (nSPS) is 12.9. The van der Waals surface area contributed by atoms with E-state index in [0.29, 0.717) is 11.4 Å². The third-order valence-electron chi connectivity index (χ3n) is 3.52. The fraction of sp³-hybridized carbons (Fsp3) is 0.353. The fourth-order valence-corrected chi connectivity index (χ4v) is 2.96. The van der Waals surface area contributed by atoms with E-state index in [1.165, 1.54) is 12.1 Å². The second-order valence-corrected chi connectivity index (χ2v) is 7.17. The molecule has 0 aliphatic heterocycles. The lowest BCUT2D eigenvalue weighted by atomic mass is 9.96. The number of hydrogen-bond donors (Lipinski definition) is 2. The van der Waals surface area contributed by atoms with E-state index in [9.17, 15) is 22.8 Å². The predicted molar refractivity (Wildman–Crippen MR) is 93.0 cm³/mol. The number of nitrogens with one attached hydrogen (secondary N) is 2. The third-order valence-corrected chi connectivity index (χ3v) is 4.26. The minimum Gasteiger partial charge on any atom is -0.344 e. The Bertz CT molecular complexity index is 832. The summed E-state index contributed by atoms with van der Waals surface area (Å²) in [5.41, 5.74) is -4.13. The average molecular weight is 385 g/mol. The lowest BCUT2D eigenvalue weighted by Crippen LogP contribution is -2.33. The van der Waals surface area contributed by atoms with Crippen LogP contribution >= 0.6 is 11.8 Å². The summed E-state index contributed by atoms with van der Waals surface area (Å²) in [6, 6.07) is 6.50. The van der Waals surface area contributed by atoms with Gasteiger partial charge < -0.3 is 10.3 Å². The molecule has 0 fully saturated rings. The Morgan fingerprint density at radius 1 is 1.23 bits per heavy atom. The zero-order valence-electron chi connectivity index (χ0n) is 14.3. The van der Waals surface area contributed by atoms with Crippen LogP contribution in [-0.2, 0) is 0 Å². The minimum absolute atomic E-state index is 0.0128. The third kappa shape index (κ3) is 5.62. The maximum absolute atomic E-state index is 12.4. The van der Waals surface area contributed by atoms with E-state index in [1.807, 2.05) is 13.8 Å². The van der Waals surface area contributed by atoms with Crippen LogP contribution in [0.15, 0.2) is 40.0 Å². The van der Waals surface area contributed by atoms with Crippen LogP contribution in [0.5, 0.6) is 0 Å². The molecule has 0 saturated heterocycles. The van der Waals surface area contributed by atoms with Crippen molar-refractivity contribution in [1.82, 2.24) is 15.3 Å². The summed E-state index contributed by atoms with van der Waals surface area (Å²) in [6.07, 6.45) is 0. The van der Waals surface area contributed by atoms with E-state index in [4.69, 9.17) is 0 Å². The smallest absolute Gasteiger partial charge is 0.344 e. The number of aromatic amines is 1. The van der Waals surface area contributed by atoms with Crippen molar-refractivity contribution in [2.75, 3.05) is 0 Å². The van der Waals surface area contributed by atoms with Gasteiger partial charge in [0.25, 0.3) is 11.5 Å². The molecule has 0 spiro atoms. The largest absolute Gasteiger partial charge is 0.446 e. The number of rotatable bonds is 5. The van der Waals surface area contributed by atoms with Crippen molar-refractivity contribution >= 4 is 17.7 Å². The molecule has 0 aliphatic rings. The molecule has 0 bridgehead atoms. The van der Waals surface area contributed by atoms with Crippen LogP contribution in [0.1, 0.15) is 41.8 Å². The van der Waals surface area contributed by atoms with Gasteiger partial charge in [-0.3, -0.25) is 9.59 Å².